The lowest BCUT2D eigenvalue weighted by atomic mass is 10.1. The fourth-order valence-corrected chi connectivity index (χ4v) is 5.09. The predicted molar refractivity (Wildman–Crippen MR) is 111 cm³/mol. The van der Waals surface area contributed by atoms with Crippen molar-refractivity contribution in [2.45, 2.75) is 12.5 Å². The van der Waals surface area contributed by atoms with Crippen LogP contribution in [0.3, 0.4) is 0 Å². The van der Waals surface area contributed by atoms with E-state index in [0.29, 0.717) is 27.4 Å². The molecule has 1 aliphatic heterocycles. The van der Waals surface area contributed by atoms with Gasteiger partial charge in [0.1, 0.15) is 16.9 Å². The lowest BCUT2D eigenvalue weighted by Gasteiger charge is -2.12. The van der Waals surface area contributed by atoms with Crippen LogP contribution >= 0.6 is 34.3 Å². The molecule has 3 aromatic heterocycles. The van der Waals surface area contributed by atoms with Crippen molar-refractivity contribution in [1.82, 2.24) is 9.66 Å². The third-order valence-electron chi connectivity index (χ3n) is 4.50. The maximum atomic E-state index is 13.0. The molecule has 4 heterocycles. The summed E-state index contributed by atoms with van der Waals surface area (Å²) in [6.07, 6.45) is 0.997. The van der Waals surface area contributed by atoms with Crippen molar-refractivity contribution in [3.63, 3.8) is 0 Å². The minimum atomic E-state index is -0.727. The van der Waals surface area contributed by atoms with Crippen LogP contribution < -0.4 is 15.7 Å². The average Bonchev–Trinajstić information content (AvgIpc) is 3.42. The van der Waals surface area contributed by atoms with Crippen LogP contribution in [0.5, 0.6) is 5.75 Å². The van der Waals surface area contributed by atoms with E-state index in [2.05, 4.69) is 10.4 Å². The van der Waals surface area contributed by atoms with E-state index in [1.807, 2.05) is 22.9 Å². The summed E-state index contributed by atoms with van der Waals surface area (Å²) in [5, 5.41) is 4.96. The smallest absolute Gasteiger partial charge is 0.281 e. The van der Waals surface area contributed by atoms with E-state index in [9.17, 15) is 9.59 Å². The first-order valence-corrected chi connectivity index (χ1v) is 10.5. The Bertz CT molecular complexity index is 1260. The number of halogens is 1. The molecule has 0 aliphatic carbocycles. The summed E-state index contributed by atoms with van der Waals surface area (Å²) in [5.74, 6) is 0.215. The normalized spacial score (nSPS) is 15.4. The Balaban J connectivity index is 1.44. The van der Waals surface area contributed by atoms with Crippen molar-refractivity contribution < 1.29 is 9.53 Å². The highest BCUT2D eigenvalue weighted by Crippen LogP contribution is 2.33. The fourth-order valence-electron chi connectivity index (χ4n) is 3.18. The number of hydrogen-bond acceptors (Lipinski definition) is 6. The highest BCUT2D eigenvalue weighted by Gasteiger charge is 2.30. The maximum Gasteiger partial charge on any atom is 0.281 e. The van der Waals surface area contributed by atoms with E-state index < -0.39 is 12.0 Å². The van der Waals surface area contributed by atoms with Crippen LogP contribution in [0.2, 0.25) is 5.02 Å². The number of amides is 1. The molecule has 6 nitrogen and oxygen atoms in total. The molecule has 1 amide bonds. The summed E-state index contributed by atoms with van der Waals surface area (Å²) in [7, 11) is 0. The van der Waals surface area contributed by atoms with Gasteiger partial charge in [0.25, 0.3) is 11.5 Å². The first-order valence-electron chi connectivity index (χ1n) is 8.39. The quantitative estimate of drug-likeness (QED) is 0.535. The summed E-state index contributed by atoms with van der Waals surface area (Å²) in [4.78, 5) is 31.6. The number of carbonyl (C=O) groups excluding carboxylic acids is 1. The number of rotatable bonds is 3. The van der Waals surface area contributed by atoms with Gasteiger partial charge in [-0.25, -0.2) is 9.66 Å². The Hall–Kier alpha value is -2.68. The van der Waals surface area contributed by atoms with Gasteiger partial charge >= 0.3 is 0 Å². The van der Waals surface area contributed by atoms with Gasteiger partial charge in [0, 0.05) is 27.3 Å². The van der Waals surface area contributed by atoms with Gasteiger partial charge in [-0.15, -0.1) is 22.7 Å². The third kappa shape index (κ3) is 2.90. The summed E-state index contributed by atoms with van der Waals surface area (Å²) in [5.41, 5.74) is 3.99. The summed E-state index contributed by atoms with van der Waals surface area (Å²) < 4.78 is 6.81. The van der Waals surface area contributed by atoms with E-state index in [-0.39, 0.29) is 5.56 Å². The maximum absolute atomic E-state index is 13.0. The number of fused-ring (bicyclic) bond motifs is 2. The molecule has 1 atom stereocenters. The zero-order valence-corrected chi connectivity index (χ0v) is 16.6. The molecule has 1 aliphatic rings. The van der Waals surface area contributed by atoms with Crippen LogP contribution in [-0.2, 0) is 11.2 Å². The number of nitrogens with one attached hydrogen (secondary N) is 1. The number of benzene rings is 1. The van der Waals surface area contributed by atoms with Crippen LogP contribution in [0, 0.1) is 0 Å². The minimum absolute atomic E-state index is 0.318. The van der Waals surface area contributed by atoms with Crippen LogP contribution in [0.4, 0.5) is 0 Å². The van der Waals surface area contributed by atoms with Crippen molar-refractivity contribution in [2.75, 3.05) is 5.43 Å². The molecule has 0 radical (unpaired) electrons. The molecule has 0 spiro atoms. The van der Waals surface area contributed by atoms with Crippen molar-refractivity contribution >= 4 is 50.4 Å². The van der Waals surface area contributed by atoms with Crippen molar-refractivity contribution in [1.29, 1.82) is 0 Å². The van der Waals surface area contributed by atoms with Crippen molar-refractivity contribution in [2.24, 2.45) is 0 Å². The van der Waals surface area contributed by atoms with Crippen molar-refractivity contribution in [3.05, 3.63) is 68.4 Å². The molecule has 1 N–H and O–H groups in total. The molecule has 1 aromatic carbocycles. The lowest BCUT2D eigenvalue weighted by Crippen LogP contribution is -2.40. The van der Waals surface area contributed by atoms with Gasteiger partial charge in [0.2, 0.25) is 0 Å². The summed E-state index contributed by atoms with van der Waals surface area (Å²) in [6, 6.07) is 9.12. The number of aromatic nitrogens is 2. The Morgan fingerprint density at radius 3 is 3.04 bits per heavy atom. The van der Waals surface area contributed by atoms with E-state index in [1.165, 1.54) is 17.7 Å². The molecular formula is C19H12ClN3O3S2. The standard InChI is InChI=1S/C19H12ClN3O3S2/c20-11-3-4-13-10(6-11)7-14(26-13)17(24)22-23-9-21-18-16(19(23)25)12(8-28-18)15-2-1-5-27-15/h1-6,8-9,14H,7H2,(H,22,24)/t14-/m0/s1. The monoisotopic (exact) mass is 429 g/mol. The minimum Gasteiger partial charge on any atom is -0.480 e. The van der Waals surface area contributed by atoms with Gasteiger partial charge in [-0.05, 0) is 35.2 Å². The topological polar surface area (TPSA) is 73.2 Å². The van der Waals surface area contributed by atoms with Crippen LogP contribution in [0.15, 0.2) is 52.2 Å². The summed E-state index contributed by atoms with van der Waals surface area (Å²) in [6.45, 7) is 0. The molecule has 0 fully saturated rings. The molecule has 0 saturated heterocycles. The zero-order chi connectivity index (χ0) is 19.3. The fraction of sp³-hybridized carbons (Fsp3) is 0.105. The van der Waals surface area contributed by atoms with Gasteiger partial charge in [0.05, 0.1) is 5.39 Å². The second kappa shape index (κ2) is 6.73. The first-order chi connectivity index (χ1) is 13.6. The van der Waals surface area contributed by atoms with Gasteiger partial charge < -0.3 is 4.74 Å². The van der Waals surface area contributed by atoms with Crippen LogP contribution in [-0.4, -0.2) is 21.7 Å². The zero-order valence-electron chi connectivity index (χ0n) is 14.2. The van der Waals surface area contributed by atoms with Crippen molar-refractivity contribution in [3.8, 4) is 16.2 Å². The van der Waals surface area contributed by atoms with E-state index in [1.54, 1.807) is 29.5 Å². The lowest BCUT2D eigenvalue weighted by molar-refractivity contribution is -0.123. The van der Waals surface area contributed by atoms with E-state index >= 15 is 0 Å². The molecule has 5 rings (SSSR count). The molecule has 0 saturated carbocycles. The molecular weight excluding hydrogens is 418 g/mol. The summed E-state index contributed by atoms with van der Waals surface area (Å²) >= 11 is 8.95. The number of carbonyl (C=O) groups is 1. The van der Waals surface area contributed by atoms with Crippen LogP contribution in [0.1, 0.15) is 5.56 Å². The van der Waals surface area contributed by atoms with E-state index in [4.69, 9.17) is 16.3 Å². The molecule has 0 unspecified atom stereocenters. The Morgan fingerprint density at radius 1 is 1.32 bits per heavy atom. The molecule has 4 aromatic rings. The van der Waals surface area contributed by atoms with Gasteiger partial charge in [-0.1, -0.05) is 17.7 Å². The highest BCUT2D eigenvalue weighted by molar-refractivity contribution is 7.18. The SMILES string of the molecule is O=C(Nn1cnc2scc(-c3cccs3)c2c1=O)[C@@H]1Cc2cc(Cl)ccc2O1. The van der Waals surface area contributed by atoms with Gasteiger partial charge in [0.15, 0.2) is 6.10 Å². The number of ether oxygens (including phenoxy) is 1. The predicted octanol–water partition coefficient (Wildman–Crippen LogP) is 3.91. The van der Waals surface area contributed by atoms with Gasteiger partial charge in [-0.2, -0.15) is 0 Å². The van der Waals surface area contributed by atoms with Gasteiger partial charge in [-0.3, -0.25) is 15.0 Å². The highest BCUT2D eigenvalue weighted by atomic mass is 35.5. The number of nitrogens with zero attached hydrogens (tertiary/aromatic N) is 2. The Kier molecular flexibility index (Phi) is 4.19. The number of hydrogen-bond donors (Lipinski definition) is 1. The largest absolute Gasteiger partial charge is 0.480 e. The first kappa shape index (κ1) is 17.4. The molecule has 9 heteroatoms. The van der Waals surface area contributed by atoms with E-state index in [0.717, 1.165) is 20.7 Å². The molecule has 28 heavy (non-hydrogen) atoms. The molecule has 0 bridgehead atoms. The Labute approximate surface area is 172 Å². The second-order valence-corrected chi connectivity index (χ2v) is 8.51. The number of thiophene rings is 2. The van der Waals surface area contributed by atoms with Crippen LogP contribution in [0.25, 0.3) is 20.7 Å². The third-order valence-corrected chi connectivity index (χ3v) is 6.53. The average molecular weight is 430 g/mol. The Morgan fingerprint density at radius 2 is 2.21 bits per heavy atom. The second-order valence-electron chi connectivity index (χ2n) is 6.27. The molecule has 140 valence electrons.